The van der Waals surface area contributed by atoms with E-state index >= 15 is 0 Å². The van der Waals surface area contributed by atoms with Crippen LogP contribution in [-0.4, -0.2) is 52.9 Å². The summed E-state index contributed by atoms with van der Waals surface area (Å²) in [6.45, 7) is 8.81. The molecule has 3 aromatic rings. The number of ether oxygens (including phenoxy) is 2. The van der Waals surface area contributed by atoms with Crippen LogP contribution in [-0.2, 0) is 23.9 Å². The SMILES string of the molecule is Cc1ccc(C(=O)O[C@H](C(=O)NNC(=O)c2ccc(NC(=O)C(C)(C)C)cc2)[C@@H](OC(=O)c2ccc(C)cc2)C(=O)O)cc1. The fraction of sp³-hybridized carbons (Fsp3) is 0.250. The Balaban J connectivity index is 1.79. The third-order valence-corrected chi connectivity index (χ3v) is 6.20. The van der Waals surface area contributed by atoms with E-state index in [-0.39, 0.29) is 22.6 Å². The van der Waals surface area contributed by atoms with Crippen LogP contribution >= 0.6 is 0 Å². The first-order chi connectivity index (χ1) is 20.6. The highest BCUT2D eigenvalue weighted by atomic mass is 16.6. The number of hydrazine groups is 1. The molecule has 230 valence electrons. The Hall–Kier alpha value is -5.52. The van der Waals surface area contributed by atoms with Gasteiger partial charge in [-0.05, 0) is 62.4 Å². The molecule has 0 aliphatic heterocycles. The monoisotopic (exact) mass is 603 g/mol. The summed E-state index contributed by atoms with van der Waals surface area (Å²) in [6, 6.07) is 17.8. The van der Waals surface area contributed by atoms with Crippen LogP contribution in [0, 0.1) is 19.3 Å². The van der Waals surface area contributed by atoms with Crippen LogP contribution in [0.5, 0.6) is 0 Å². The Kier molecular flexibility index (Phi) is 10.6. The summed E-state index contributed by atoms with van der Waals surface area (Å²) < 4.78 is 10.3. The normalized spacial score (nSPS) is 12.2. The highest BCUT2D eigenvalue weighted by molar-refractivity contribution is 6.00. The molecule has 0 saturated heterocycles. The number of carboxylic acids is 1. The molecule has 0 fully saturated rings. The van der Waals surface area contributed by atoms with Crippen LogP contribution < -0.4 is 16.2 Å². The van der Waals surface area contributed by atoms with E-state index in [1.807, 2.05) is 5.43 Å². The van der Waals surface area contributed by atoms with Gasteiger partial charge in [-0.2, -0.15) is 0 Å². The lowest BCUT2D eigenvalue weighted by atomic mass is 9.95. The number of hydrogen-bond donors (Lipinski definition) is 4. The molecule has 12 heteroatoms. The average Bonchev–Trinajstić information content (AvgIpc) is 2.97. The van der Waals surface area contributed by atoms with Crippen molar-refractivity contribution in [3.63, 3.8) is 0 Å². The van der Waals surface area contributed by atoms with Crippen molar-refractivity contribution < 1.29 is 43.3 Å². The fourth-order valence-corrected chi connectivity index (χ4v) is 3.53. The number of nitrogens with one attached hydrogen (secondary N) is 3. The van der Waals surface area contributed by atoms with E-state index in [1.54, 1.807) is 58.9 Å². The van der Waals surface area contributed by atoms with Gasteiger partial charge in [-0.25, -0.2) is 14.4 Å². The van der Waals surface area contributed by atoms with Gasteiger partial charge < -0.3 is 19.9 Å². The Morgan fingerprint density at radius 1 is 0.636 bits per heavy atom. The molecule has 2 atom stereocenters. The van der Waals surface area contributed by atoms with Gasteiger partial charge in [-0.1, -0.05) is 56.2 Å². The molecule has 0 aliphatic carbocycles. The lowest BCUT2D eigenvalue weighted by Crippen LogP contribution is -2.54. The number of hydrogen-bond acceptors (Lipinski definition) is 8. The van der Waals surface area contributed by atoms with Gasteiger partial charge in [-0.3, -0.25) is 25.2 Å². The topological polar surface area (TPSA) is 177 Å². The molecule has 3 amide bonds. The van der Waals surface area contributed by atoms with E-state index in [4.69, 9.17) is 9.47 Å². The summed E-state index contributed by atoms with van der Waals surface area (Å²) in [6.07, 6.45) is -4.48. The second kappa shape index (κ2) is 14.1. The lowest BCUT2D eigenvalue weighted by Gasteiger charge is -2.23. The Labute approximate surface area is 253 Å². The van der Waals surface area contributed by atoms with Crippen molar-refractivity contribution in [1.82, 2.24) is 10.9 Å². The molecule has 12 nitrogen and oxygen atoms in total. The molecule has 0 bridgehead atoms. The zero-order valence-corrected chi connectivity index (χ0v) is 24.8. The standard InChI is InChI=1S/C32H33N3O9/c1-18-6-10-21(11-7-18)29(40)43-24(25(28(38)39)44-30(41)22-12-8-19(2)9-13-22)27(37)35-34-26(36)20-14-16-23(17-15-20)33-31(42)32(3,4)5/h6-17,24-25H,1-5H3,(H,33,42)(H,34,36)(H,35,37)(H,38,39)/t24-,25+/m0/s1. The van der Waals surface area contributed by atoms with Crippen LogP contribution in [0.2, 0.25) is 0 Å². The van der Waals surface area contributed by atoms with Gasteiger partial charge in [0.15, 0.2) is 0 Å². The first-order valence-corrected chi connectivity index (χ1v) is 13.5. The predicted octanol–water partition coefficient (Wildman–Crippen LogP) is 3.58. The van der Waals surface area contributed by atoms with E-state index in [2.05, 4.69) is 10.7 Å². The van der Waals surface area contributed by atoms with Crippen molar-refractivity contribution in [3.05, 3.63) is 101 Å². The minimum Gasteiger partial charge on any atom is -0.478 e. The summed E-state index contributed by atoms with van der Waals surface area (Å²) in [5.41, 5.74) is 5.70. The Morgan fingerprint density at radius 2 is 1.07 bits per heavy atom. The van der Waals surface area contributed by atoms with Gasteiger partial charge in [0.05, 0.1) is 11.1 Å². The number of benzene rings is 3. The largest absolute Gasteiger partial charge is 0.478 e. The zero-order valence-electron chi connectivity index (χ0n) is 24.8. The van der Waals surface area contributed by atoms with E-state index in [0.29, 0.717) is 5.69 Å². The number of amides is 3. The average molecular weight is 604 g/mol. The summed E-state index contributed by atoms with van der Waals surface area (Å²) >= 11 is 0. The molecule has 0 saturated carbocycles. The number of carbonyl (C=O) groups is 6. The predicted molar refractivity (Wildman–Crippen MR) is 159 cm³/mol. The molecular weight excluding hydrogens is 570 g/mol. The molecule has 0 aromatic heterocycles. The van der Waals surface area contributed by atoms with Gasteiger partial charge in [0.25, 0.3) is 11.8 Å². The minimum atomic E-state index is -2.28. The first-order valence-electron chi connectivity index (χ1n) is 13.5. The first kappa shape index (κ1) is 33.0. The van der Waals surface area contributed by atoms with Gasteiger partial charge >= 0.3 is 17.9 Å². The van der Waals surface area contributed by atoms with Gasteiger partial charge in [0, 0.05) is 16.7 Å². The molecule has 0 spiro atoms. The number of carbonyl (C=O) groups excluding carboxylic acids is 5. The van der Waals surface area contributed by atoms with Crippen molar-refractivity contribution >= 4 is 41.3 Å². The van der Waals surface area contributed by atoms with Gasteiger partial charge in [-0.15, -0.1) is 0 Å². The van der Waals surface area contributed by atoms with E-state index < -0.39 is 47.3 Å². The van der Waals surface area contributed by atoms with E-state index in [1.165, 1.54) is 48.5 Å². The third-order valence-electron chi connectivity index (χ3n) is 6.20. The molecule has 3 aromatic carbocycles. The van der Waals surface area contributed by atoms with Crippen LogP contribution in [0.15, 0.2) is 72.8 Å². The Morgan fingerprint density at radius 3 is 1.50 bits per heavy atom. The number of aliphatic carboxylic acids is 1. The van der Waals surface area contributed by atoms with Crippen molar-refractivity contribution in [2.75, 3.05) is 5.32 Å². The molecule has 3 rings (SSSR count). The quantitative estimate of drug-likeness (QED) is 0.210. The second-order valence-electron chi connectivity index (χ2n) is 10.9. The maximum atomic E-state index is 13.2. The summed E-state index contributed by atoms with van der Waals surface area (Å²) in [5, 5.41) is 12.6. The van der Waals surface area contributed by atoms with Gasteiger partial charge in [0.1, 0.15) is 0 Å². The van der Waals surface area contributed by atoms with Crippen LogP contribution in [0.25, 0.3) is 0 Å². The molecular formula is C32H33N3O9. The van der Waals surface area contributed by atoms with Gasteiger partial charge in [0.2, 0.25) is 18.1 Å². The number of carboxylic acid groups (broad SMARTS) is 1. The van der Waals surface area contributed by atoms with Crippen molar-refractivity contribution in [2.45, 2.75) is 46.8 Å². The smallest absolute Gasteiger partial charge is 0.349 e. The molecule has 0 unspecified atom stereocenters. The number of rotatable bonds is 9. The highest BCUT2D eigenvalue weighted by Gasteiger charge is 2.41. The third kappa shape index (κ3) is 8.99. The number of esters is 2. The highest BCUT2D eigenvalue weighted by Crippen LogP contribution is 2.18. The summed E-state index contributed by atoms with van der Waals surface area (Å²) in [7, 11) is 0. The summed E-state index contributed by atoms with van der Waals surface area (Å²) in [4.78, 5) is 75.9. The van der Waals surface area contributed by atoms with Crippen molar-refractivity contribution in [2.24, 2.45) is 5.41 Å². The summed E-state index contributed by atoms with van der Waals surface area (Å²) in [5.74, 6) is -6.24. The zero-order chi connectivity index (χ0) is 32.6. The maximum absolute atomic E-state index is 13.2. The van der Waals surface area contributed by atoms with E-state index in [9.17, 15) is 33.9 Å². The molecule has 4 N–H and O–H groups in total. The molecule has 44 heavy (non-hydrogen) atoms. The Bertz CT molecular complexity index is 1540. The van der Waals surface area contributed by atoms with E-state index in [0.717, 1.165) is 11.1 Å². The lowest BCUT2D eigenvalue weighted by molar-refractivity contribution is -0.159. The van der Waals surface area contributed by atoms with Crippen LogP contribution in [0.3, 0.4) is 0 Å². The number of anilines is 1. The van der Waals surface area contributed by atoms with Crippen molar-refractivity contribution in [3.8, 4) is 0 Å². The molecule has 0 heterocycles. The van der Waals surface area contributed by atoms with Crippen molar-refractivity contribution in [1.29, 1.82) is 0 Å². The second-order valence-corrected chi connectivity index (χ2v) is 10.9. The molecule has 0 aliphatic rings. The van der Waals surface area contributed by atoms with Crippen LogP contribution in [0.4, 0.5) is 5.69 Å². The fourth-order valence-electron chi connectivity index (χ4n) is 3.53. The maximum Gasteiger partial charge on any atom is 0.349 e. The molecule has 0 radical (unpaired) electrons. The minimum absolute atomic E-state index is 0.00121. The van der Waals surface area contributed by atoms with Crippen LogP contribution in [0.1, 0.15) is 63.0 Å². The number of aryl methyl sites for hydroxylation is 2.